The molecule has 0 aliphatic rings. The van der Waals surface area contributed by atoms with Gasteiger partial charge >= 0.3 is 0 Å². The predicted molar refractivity (Wildman–Crippen MR) is 52.1 cm³/mol. The lowest BCUT2D eigenvalue weighted by molar-refractivity contribution is 0.666. The number of hydrogen-bond acceptors (Lipinski definition) is 3. The van der Waals surface area contributed by atoms with Gasteiger partial charge in [0.15, 0.2) is 11.2 Å². The molecule has 3 heterocycles. The van der Waals surface area contributed by atoms with E-state index in [-0.39, 0.29) is 5.43 Å². The summed E-state index contributed by atoms with van der Waals surface area (Å²) in [7, 11) is 0. The largest absolute Gasteiger partial charge is 0.453 e. The fraction of sp³-hybridized carbons (Fsp3) is 0. The highest BCUT2D eigenvalue weighted by Crippen LogP contribution is 2.22. The van der Waals surface area contributed by atoms with Crippen molar-refractivity contribution in [3.63, 3.8) is 0 Å². The Morgan fingerprint density at radius 1 is 1.29 bits per heavy atom. The fourth-order valence-corrected chi connectivity index (χ4v) is 1.57. The van der Waals surface area contributed by atoms with Gasteiger partial charge in [0.1, 0.15) is 0 Å². The Morgan fingerprint density at radius 2 is 2.21 bits per heavy atom. The third-order valence-corrected chi connectivity index (χ3v) is 2.16. The van der Waals surface area contributed by atoms with Crippen molar-refractivity contribution < 1.29 is 4.42 Å². The van der Waals surface area contributed by atoms with Gasteiger partial charge in [-0.25, -0.2) is 0 Å². The summed E-state index contributed by atoms with van der Waals surface area (Å²) in [6, 6.07) is 3.63. The summed E-state index contributed by atoms with van der Waals surface area (Å²) in [6.45, 7) is 0. The summed E-state index contributed by atoms with van der Waals surface area (Å²) in [5, 5.41) is 0.565. The van der Waals surface area contributed by atoms with E-state index in [0.717, 1.165) is 5.52 Å². The first-order valence-corrected chi connectivity index (χ1v) is 4.20. The Morgan fingerprint density at radius 3 is 3.14 bits per heavy atom. The van der Waals surface area contributed by atoms with Crippen molar-refractivity contribution in [2.75, 3.05) is 0 Å². The molecule has 0 aliphatic carbocycles. The standard InChI is InChI=1S/C10H6N2O2/c13-6-4-11-5-8-9(6)10-7(14-8)2-1-3-12-10/h1-5,12H. The van der Waals surface area contributed by atoms with Crippen LogP contribution in [-0.2, 0) is 0 Å². The molecule has 0 aliphatic heterocycles. The maximum absolute atomic E-state index is 11.5. The molecule has 68 valence electrons. The zero-order chi connectivity index (χ0) is 9.54. The van der Waals surface area contributed by atoms with Crippen LogP contribution in [0.4, 0.5) is 0 Å². The molecule has 0 saturated heterocycles. The lowest BCUT2D eigenvalue weighted by Crippen LogP contribution is -1.98. The average Bonchev–Trinajstić information content (AvgIpc) is 2.57. The maximum Gasteiger partial charge on any atom is 0.210 e. The number of nitrogens with one attached hydrogen (secondary N) is 1. The van der Waals surface area contributed by atoms with Crippen LogP contribution in [0.1, 0.15) is 0 Å². The van der Waals surface area contributed by atoms with E-state index in [0.29, 0.717) is 16.6 Å². The zero-order valence-corrected chi connectivity index (χ0v) is 7.15. The quantitative estimate of drug-likeness (QED) is 0.581. The third kappa shape index (κ3) is 0.821. The van der Waals surface area contributed by atoms with E-state index in [9.17, 15) is 4.79 Å². The van der Waals surface area contributed by atoms with Crippen LogP contribution in [0.5, 0.6) is 0 Å². The van der Waals surface area contributed by atoms with Gasteiger partial charge in [0.2, 0.25) is 5.43 Å². The molecule has 1 N–H and O–H groups in total. The van der Waals surface area contributed by atoms with Crippen molar-refractivity contribution in [1.82, 2.24) is 9.97 Å². The van der Waals surface area contributed by atoms with E-state index in [4.69, 9.17) is 4.42 Å². The number of aromatic nitrogens is 2. The number of rotatable bonds is 0. The average molecular weight is 186 g/mol. The lowest BCUT2D eigenvalue weighted by atomic mass is 10.3. The van der Waals surface area contributed by atoms with E-state index in [2.05, 4.69) is 9.97 Å². The second-order valence-corrected chi connectivity index (χ2v) is 3.02. The fourth-order valence-electron chi connectivity index (χ4n) is 1.57. The van der Waals surface area contributed by atoms with Crippen LogP contribution >= 0.6 is 0 Å². The minimum Gasteiger partial charge on any atom is -0.453 e. The van der Waals surface area contributed by atoms with Gasteiger partial charge in [-0.15, -0.1) is 0 Å². The van der Waals surface area contributed by atoms with Gasteiger partial charge in [-0.05, 0) is 12.1 Å². The van der Waals surface area contributed by atoms with Crippen LogP contribution in [0.25, 0.3) is 22.1 Å². The highest BCUT2D eigenvalue weighted by Gasteiger charge is 2.08. The van der Waals surface area contributed by atoms with Gasteiger partial charge in [-0.2, -0.15) is 0 Å². The van der Waals surface area contributed by atoms with E-state index in [1.165, 1.54) is 6.20 Å². The molecule has 0 aromatic carbocycles. The van der Waals surface area contributed by atoms with Gasteiger partial charge in [0.25, 0.3) is 0 Å². The Labute approximate surface area is 78.2 Å². The van der Waals surface area contributed by atoms with Crippen LogP contribution in [0.2, 0.25) is 0 Å². The van der Waals surface area contributed by atoms with Gasteiger partial charge in [-0.1, -0.05) is 0 Å². The van der Waals surface area contributed by atoms with Crippen LogP contribution in [-0.4, -0.2) is 9.97 Å². The van der Waals surface area contributed by atoms with Crippen LogP contribution < -0.4 is 5.43 Å². The summed E-state index contributed by atoms with van der Waals surface area (Å²) >= 11 is 0. The van der Waals surface area contributed by atoms with Crippen molar-refractivity contribution >= 4 is 22.1 Å². The molecular weight excluding hydrogens is 180 g/mol. The minimum atomic E-state index is -0.122. The first-order chi connectivity index (χ1) is 6.86. The zero-order valence-electron chi connectivity index (χ0n) is 7.15. The molecule has 0 unspecified atom stereocenters. The molecule has 4 heteroatoms. The number of furan rings is 1. The molecular formula is C10H6N2O2. The molecule has 14 heavy (non-hydrogen) atoms. The molecule has 0 amide bonds. The summed E-state index contributed by atoms with van der Waals surface area (Å²) < 4.78 is 5.44. The lowest BCUT2D eigenvalue weighted by Gasteiger charge is -1.86. The first kappa shape index (κ1) is 7.32. The summed E-state index contributed by atoms with van der Waals surface area (Å²) in [5.74, 6) is 0. The summed E-state index contributed by atoms with van der Waals surface area (Å²) in [6.07, 6.45) is 4.60. The predicted octanol–water partition coefficient (Wildman–Crippen LogP) is 1.67. The highest BCUT2D eigenvalue weighted by atomic mass is 16.3. The van der Waals surface area contributed by atoms with E-state index in [1.807, 2.05) is 12.1 Å². The Kier molecular flexibility index (Phi) is 1.28. The van der Waals surface area contributed by atoms with E-state index >= 15 is 0 Å². The van der Waals surface area contributed by atoms with Crippen molar-refractivity contribution in [1.29, 1.82) is 0 Å². The van der Waals surface area contributed by atoms with Crippen LogP contribution in [0, 0.1) is 0 Å². The van der Waals surface area contributed by atoms with E-state index < -0.39 is 0 Å². The molecule has 3 rings (SSSR count). The minimum absolute atomic E-state index is 0.122. The monoisotopic (exact) mass is 186 g/mol. The second kappa shape index (κ2) is 2.45. The Hall–Kier alpha value is -2.10. The van der Waals surface area contributed by atoms with Crippen molar-refractivity contribution in [2.24, 2.45) is 0 Å². The van der Waals surface area contributed by atoms with Crippen LogP contribution in [0.3, 0.4) is 0 Å². The number of nitrogens with zero attached hydrogens (tertiary/aromatic N) is 1. The number of H-pyrrole nitrogens is 1. The van der Waals surface area contributed by atoms with Crippen LogP contribution in [0.15, 0.2) is 39.9 Å². The molecule has 0 bridgehead atoms. The number of hydrogen-bond donors (Lipinski definition) is 1. The van der Waals surface area contributed by atoms with Crippen molar-refractivity contribution in [3.8, 4) is 0 Å². The molecule has 3 aromatic heterocycles. The summed E-state index contributed by atoms with van der Waals surface area (Å²) in [4.78, 5) is 18.3. The number of pyridine rings is 2. The molecule has 4 nitrogen and oxygen atoms in total. The molecule has 0 radical (unpaired) electrons. The molecule has 0 saturated carbocycles. The van der Waals surface area contributed by atoms with Crippen molar-refractivity contribution in [2.45, 2.75) is 0 Å². The number of aromatic amines is 1. The molecule has 0 fully saturated rings. The normalized spacial score (nSPS) is 11.1. The molecule has 3 aromatic rings. The van der Waals surface area contributed by atoms with Crippen molar-refractivity contribution in [3.05, 3.63) is 40.9 Å². The molecule has 0 spiro atoms. The van der Waals surface area contributed by atoms with Gasteiger partial charge in [0.05, 0.1) is 23.3 Å². The Bertz CT molecular complexity index is 666. The summed E-state index contributed by atoms with van der Waals surface area (Å²) in [5.41, 5.74) is 1.81. The van der Waals surface area contributed by atoms with E-state index in [1.54, 1.807) is 12.4 Å². The maximum atomic E-state index is 11.5. The van der Waals surface area contributed by atoms with Gasteiger partial charge in [0, 0.05) is 6.20 Å². The highest BCUT2D eigenvalue weighted by molar-refractivity contribution is 6.01. The Balaban J connectivity index is 2.73. The number of fused-ring (bicyclic) bond motifs is 3. The molecule has 0 atom stereocenters. The SMILES string of the molecule is O=c1cncc2oc3ccc[nH]c3c12. The second-order valence-electron chi connectivity index (χ2n) is 3.02. The van der Waals surface area contributed by atoms with Gasteiger partial charge in [-0.3, -0.25) is 9.78 Å². The van der Waals surface area contributed by atoms with Gasteiger partial charge < -0.3 is 9.40 Å². The topological polar surface area (TPSA) is 58.9 Å². The smallest absolute Gasteiger partial charge is 0.210 e. The third-order valence-electron chi connectivity index (χ3n) is 2.16. The first-order valence-electron chi connectivity index (χ1n) is 4.20.